The van der Waals surface area contributed by atoms with Gasteiger partial charge in [0.15, 0.2) is 5.82 Å². The summed E-state index contributed by atoms with van der Waals surface area (Å²) >= 11 is 12.1. The molecule has 0 aliphatic carbocycles. The van der Waals surface area contributed by atoms with E-state index in [0.29, 0.717) is 39.7 Å². The Morgan fingerprint density at radius 1 is 0.960 bits per heavy atom. The van der Waals surface area contributed by atoms with Crippen molar-refractivity contribution in [2.45, 2.75) is 6.92 Å². The number of benzene rings is 1. The molecule has 0 aliphatic rings. The minimum atomic E-state index is 0.505. The second-order valence-corrected chi connectivity index (χ2v) is 5.93. The van der Waals surface area contributed by atoms with Crippen LogP contribution in [-0.2, 0) is 0 Å². The molecule has 3 rings (SSSR count). The van der Waals surface area contributed by atoms with Crippen LogP contribution in [0.5, 0.6) is 0 Å². The van der Waals surface area contributed by atoms with Gasteiger partial charge < -0.3 is 5.32 Å². The van der Waals surface area contributed by atoms with Crippen molar-refractivity contribution in [1.29, 1.82) is 0 Å². The number of anilines is 3. The van der Waals surface area contributed by atoms with E-state index in [9.17, 15) is 0 Å². The molecule has 0 unspecified atom stereocenters. The van der Waals surface area contributed by atoms with Crippen LogP contribution in [0.2, 0.25) is 10.0 Å². The van der Waals surface area contributed by atoms with E-state index in [1.807, 2.05) is 25.1 Å². The van der Waals surface area contributed by atoms with E-state index in [0.717, 1.165) is 5.69 Å². The molecule has 0 amide bonds. The van der Waals surface area contributed by atoms with Gasteiger partial charge in [0, 0.05) is 23.8 Å². The molecule has 128 valence electrons. The standard InChI is InChI=1S/C17H16Cl2N6/c1-2-20-17-22-15(14-5-3-4-8-21-14)10-16(23-17)25-24-13-7-6-11(18)9-12(13)19/h3-10,24H,2H2,1H3,(H2,20,22,23,25). The molecule has 1 aromatic carbocycles. The molecule has 0 saturated heterocycles. The molecule has 0 fully saturated rings. The van der Waals surface area contributed by atoms with Crippen molar-refractivity contribution >= 4 is 40.7 Å². The lowest BCUT2D eigenvalue weighted by Gasteiger charge is -2.13. The highest BCUT2D eigenvalue weighted by Crippen LogP contribution is 2.26. The van der Waals surface area contributed by atoms with Gasteiger partial charge >= 0.3 is 0 Å². The molecule has 0 radical (unpaired) electrons. The Hall–Kier alpha value is -2.57. The second kappa shape index (κ2) is 8.00. The molecule has 25 heavy (non-hydrogen) atoms. The van der Waals surface area contributed by atoms with Crippen molar-refractivity contribution in [2.24, 2.45) is 0 Å². The molecule has 0 bridgehead atoms. The van der Waals surface area contributed by atoms with E-state index in [-0.39, 0.29) is 0 Å². The monoisotopic (exact) mass is 374 g/mol. The summed E-state index contributed by atoms with van der Waals surface area (Å²) in [5, 5.41) is 4.19. The van der Waals surface area contributed by atoms with Crippen molar-refractivity contribution < 1.29 is 0 Å². The van der Waals surface area contributed by atoms with Gasteiger partial charge in [0.25, 0.3) is 0 Å². The van der Waals surface area contributed by atoms with Crippen LogP contribution in [0.4, 0.5) is 17.5 Å². The Labute approximate surface area is 155 Å². The third-order valence-corrected chi connectivity index (χ3v) is 3.79. The maximum Gasteiger partial charge on any atom is 0.225 e. The zero-order chi connectivity index (χ0) is 17.6. The van der Waals surface area contributed by atoms with Crippen LogP contribution in [-0.4, -0.2) is 21.5 Å². The van der Waals surface area contributed by atoms with Gasteiger partial charge in [-0.05, 0) is 37.3 Å². The fourth-order valence-corrected chi connectivity index (χ4v) is 2.57. The van der Waals surface area contributed by atoms with Crippen molar-refractivity contribution in [2.75, 3.05) is 22.7 Å². The highest BCUT2D eigenvalue weighted by molar-refractivity contribution is 6.36. The van der Waals surface area contributed by atoms with Crippen LogP contribution in [0.15, 0.2) is 48.7 Å². The van der Waals surface area contributed by atoms with Gasteiger partial charge in [-0.1, -0.05) is 29.3 Å². The summed E-state index contributed by atoms with van der Waals surface area (Å²) in [6.45, 7) is 2.69. The first-order valence-electron chi connectivity index (χ1n) is 7.67. The first-order chi connectivity index (χ1) is 12.2. The number of aromatic nitrogens is 3. The summed E-state index contributed by atoms with van der Waals surface area (Å²) < 4.78 is 0. The van der Waals surface area contributed by atoms with E-state index >= 15 is 0 Å². The molecular formula is C17H16Cl2N6. The topological polar surface area (TPSA) is 74.8 Å². The zero-order valence-electron chi connectivity index (χ0n) is 13.4. The third kappa shape index (κ3) is 4.49. The SMILES string of the molecule is CCNc1nc(NNc2ccc(Cl)cc2Cl)cc(-c2ccccn2)n1. The Kier molecular flexibility index (Phi) is 5.53. The molecule has 0 aliphatic heterocycles. The molecule has 2 heterocycles. The van der Waals surface area contributed by atoms with Crippen LogP contribution in [0, 0.1) is 0 Å². The predicted octanol–water partition coefficient (Wildman–Crippen LogP) is 4.72. The fourth-order valence-electron chi connectivity index (χ4n) is 2.12. The van der Waals surface area contributed by atoms with Gasteiger partial charge in [0.05, 0.1) is 22.1 Å². The van der Waals surface area contributed by atoms with Gasteiger partial charge in [-0.15, -0.1) is 0 Å². The summed E-state index contributed by atoms with van der Waals surface area (Å²) in [5.74, 6) is 1.09. The van der Waals surface area contributed by atoms with Crippen LogP contribution in [0.25, 0.3) is 11.4 Å². The first kappa shape index (κ1) is 17.3. The number of nitrogens with zero attached hydrogens (tertiary/aromatic N) is 3. The van der Waals surface area contributed by atoms with Crippen LogP contribution >= 0.6 is 23.2 Å². The number of halogens is 2. The molecule has 2 aromatic heterocycles. The molecule has 3 aromatic rings. The number of hydrogen-bond donors (Lipinski definition) is 3. The minimum absolute atomic E-state index is 0.505. The van der Waals surface area contributed by atoms with Crippen molar-refractivity contribution in [3.63, 3.8) is 0 Å². The smallest absolute Gasteiger partial charge is 0.225 e. The van der Waals surface area contributed by atoms with Crippen molar-refractivity contribution in [3.05, 3.63) is 58.7 Å². The van der Waals surface area contributed by atoms with E-state index in [4.69, 9.17) is 23.2 Å². The van der Waals surface area contributed by atoms with Gasteiger partial charge in [0.1, 0.15) is 0 Å². The molecule has 0 spiro atoms. The van der Waals surface area contributed by atoms with Crippen LogP contribution in [0.3, 0.4) is 0 Å². The van der Waals surface area contributed by atoms with Crippen LogP contribution in [0.1, 0.15) is 6.92 Å². The quantitative estimate of drug-likeness (QED) is 0.542. The zero-order valence-corrected chi connectivity index (χ0v) is 14.9. The number of rotatable bonds is 6. The summed E-state index contributed by atoms with van der Waals surface area (Å²) in [6.07, 6.45) is 1.73. The highest BCUT2D eigenvalue weighted by Gasteiger charge is 2.08. The molecule has 0 saturated carbocycles. The average molecular weight is 375 g/mol. The Bertz CT molecular complexity index is 857. The van der Waals surface area contributed by atoms with E-state index in [2.05, 4.69) is 31.1 Å². The molecule has 0 atom stereocenters. The summed E-state index contributed by atoms with van der Waals surface area (Å²) in [4.78, 5) is 13.2. The lowest BCUT2D eigenvalue weighted by Crippen LogP contribution is -2.12. The van der Waals surface area contributed by atoms with Crippen molar-refractivity contribution in [3.8, 4) is 11.4 Å². The molecule has 6 nitrogen and oxygen atoms in total. The van der Waals surface area contributed by atoms with Crippen LogP contribution < -0.4 is 16.2 Å². The fraction of sp³-hybridized carbons (Fsp3) is 0.118. The molecular weight excluding hydrogens is 359 g/mol. The maximum absolute atomic E-state index is 6.16. The van der Waals surface area contributed by atoms with Gasteiger partial charge in [-0.2, -0.15) is 4.98 Å². The minimum Gasteiger partial charge on any atom is -0.354 e. The largest absolute Gasteiger partial charge is 0.354 e. The summed E-state index contributed by atoms with van der Waals surface area (Å²) in [5.41, 5.74) is 8.22. The number of hydrazine groups is 1. The Morgan fingerprint density at radius 2 is 1.84 bits per heavy atom. The number of pyridine rings is 1. The first-order valence-corrected chi connectivity index (χ1v) is 8.42. The Balaban J connectivity index is 1.86. The number of hydrogen-bond acceptors (Lipinski definition) is 6. The van der Waals surface area contributed by atoms with Gasteiger partial charge in [-0.3, -0.25) is 15.8 Å². The van der Waals surface area contributed by atoms with E-state index in [1.165, 1.54) is 0 Å². The summed E-state index contributed by atoms with van der Waals surface area (Å²) in [7, 11) is 0. The van der Waals surface area contributed by atoms with Crippen molar-refractivity contribution in [1.82, 2.24) is 15.0 Å². The normalized spacial score (nSPS) is 10.4. The van der Waals surface area contributed by atoms with E-state index in [1.54, 1.807) is 30.5 Å². The maximum atomic E-state index is 6.16. The van der Waals surface area contributed by atoms with Gasteiger partial charge in [-0.25, -0.2) is 4.98 Å². The molecule has 3 N–H and O–H groups in total. The lowest BCUT2D eigenvalue weighted by molar-refractivity contribution is 1.08. The Morgan fingerprint density at radius 3 is 2.56 bits per heavy atom. The lowest BCUT2D eigenvalue weighted by atomic mass is 10.2. The second-order valence-electron chi connectivity index (χ2n) is 5.08. The molecule has 8 heteroatoms. The van der Waals surface area contributed by atoms with Gasteiger partial charge in [0.2, 0.25) is 5.95 Å². The third-order valence-electron chi connectivity index (χ3n) is 3.24. The summed E-state index contributed by atoms with van der Waals surface area (Å²) in [6, 6.07) is 12.7. The predicted molar refractivity (Wildman–Crippen MR) is 103 cm³/mol. The van der Waals surface area contributed by atoms with E-state index < -0.39 is 0 Å². The highest BCUT2D eigenvalue weighted by atomic mass is 35.5. The number of nitrogens with one attached hydrogen (secondary N) is 3. The average Bonchev–Trinajstić information content (AvgIpc) is 2.62.